The van der Waals surface area contributed by atoms with Crippen LogP contribution in [0.4, 0.5) is 5.69 Å². The molecule has 23 heavy (non-hydrogen) atoms. The fourth-order valence-electron chi connectivity index (χ4n) is 2.79. The van der Waals surface area contributed by atoms with Crippen molar-refractivity contribution in [3.05, 3.63) is 27.2 Å². The first-order chi connectivity index (χ1) is 11.0. The van der Waals surface area contributed by atoms with Crippen molar-refractivity contribution in [3.63, 3.8) is 0 Å². The van der Waals surface area contributed by atoms with Gasteiger partial charge in [-0.25, -0.2) is 0 Å². The van der Waals surface area contributed by atoms with Crippen molar-refractivity contribution in [2.75, 3.05) is 38.5 Å². The molecule has 1 aliphatic heterocycles. The third kappa shape index (κ3) is 5.80. The highest BCUT2D eigenvalue weighted by atomic mass is 35.5. The van der Waals surface area contributed by atoms with Crippen LogP contribution in [-0.4, -0.2) is 44.0 Å². The van der Waals surface area contributed by atoms with Crippen LogP contribution in [0.1, 0.15) is 19.3 Å². The number of nitrogens with zero attached hydrogens (tertiary/aromatic N) is 1. The predicted octanol–water partition coefficient (Wildman–Crippen LogP) is 3.91. The molecule has 1 saturated heterocycles. The van der Waals surface area contributed by atoms with Gasteiger partial charge in [-0.3, -0.25) is 9.69 Å². The Kier molecular flexibility index (Phi) is 7.44. The topological polar surface area (TPSA) is 44.4 Å². The highest BCUT2D eigenvalue weighted by Crippen LogP contribution is 2.32. The van der Waals surface area contributed by atoms with Crippen molar-refractivity contribution in [2.45, 2.75) is 19.3 Å². The minimum Gasteiger partial charge on any atom is -0.324 e. The Morgan fingerprint density at radius 3 is 2.48 bits per heavy atom. The van der Waals surface area contributed by atoms with Gasteiger partial charge in [-0.15, -0.1) is 0 Å². The monoisotopic (exact) mass is 377 g/mol. The van der Waals surface area contributed by atoms with E-state index in [9.17, 15) is 4.79 Å². The number of halogens is 3. The Morgan fingerprint density at radius 2 is 1.83 bits per heavy atom. The van der Waals surface area contributed by atoms with Gasteiger partial charge in [-0.05, 0) is 64.0 Å². The van der Waals surface area contributed by atoms with Crippen molar-refractivity contribution in [3.8, 4) is 0 Å². The molecular formula is C16H22Cl3N3O. The minimum atomic E-state index is -0.0843. The Bertz CT molecular complexity index is 546. The van der Waals surface area contributed by atoms with E-state index in [0.717, 1.165) is 38.4 Å². The second kappa shape index (κ2) is 9.09. The molecule has 0 saturated carbocycles. The Labute approximate surface area is 152 Å². The summed E-state index contributed by atoms with van der Waals surface area (Å²) in [6, 6.07) is 3.11. The van der Waals surface area contributed by atoms with Gasteiger partial charge in [0.1, 0.15) is 0 Å². The van der Waals surface area contributed by atoms with Crippen LogP contribution < -0.4 is 10.6 Å². The van der Waals surface area contributed by atoms with Crippen LogP contribution in [0.15, 0.2) is 12.1 Å². The van der Waals surface area contributed by atoms with E-state index in [1.807, 2.05) is 7.05 Å². The van der Waals surface area contributed by atoms with Crippen LogP contribution in [0.5, 0.6) is 0 Å². The molecule has 0 spiro atoms. The van der Waals surface area contributed by atoms with Crippen LogP contribution >= 0.6 is 34.8 Å². The number of rotatable bonds is 6. The van der Waals surface area contributed by atoms with Crippen molar-refractivity contribution < 1.29 is 4.79 Å². The molecule has 0 bridgehead atoms. The molecule has 1 aromatic carbocycles. The van der Waals surface area contributed by atoms with Crippen LogP contribution in [0, 0.1) is 5.92 Å². The van der Waals surface area contributed by atoms with Crippen LogP contribution in [0.2, 0.25) is 15.1 Å². The van der Waals surface area contributed by atoms with Crippen LogP contribution in [0.3, 0.4) is 0 Å². The second-order valence-electron chi connectivity index (χ2n) is 5.91. The van der Waals surface area contributed by atoms with Gasteiger partial charge in [0.05, 0.1) is 27.3 Å². The maximum Gasteiger partial charge on any atom is 0.238 e. The molecule has 128 valence electrons. The van der Waals surface area contributed by atoms with Gasteiger partial charge in [-0.2, -0.15) is 0 Å². The second-order valence-corrected chi connectivity index (χ2v) is 7.13. The maximum atomic E-state index is 12.2. The molecule has 1 heterocycles. The van der Waals surface area contributed by atoms with E-state index in [4.69, 9.17) is 34.8 Å². The Balaban J connectivity index is 1.81. The summed E-state index contributed by atoms with van der Waals surface area (Å²) in [7, 11) is 1.98. The Morgan fingerprint density at radius 1 is 1.17 bits per heavy atom. The molecule has 0 unspecified atom stereocenters. The molecule has 2 N–H and O–H groups in total. The van der Waals surface area contributed by atoms with Gasteiger partial charge in [0.15, 0.2) is 0 Å². The summed E-state index contributed by atoms with van der Waals surface area (Å²) in [6.07, 6.45) is 3.49. The number of benzene rings is 1. The first-order valence-corrected chi connectivity index (χ1v) is 8.94. The first-order valence-electron chi connectivity index (χ1n) is 7.81. The molecule has 1 amide bonds. The molecule has 0 radical (unpaired) electrons. The van der Waals surface area contributed by atoms with E-state index < -0.39 is 0 Å². The van der Waals surface area contributed by atoms with Gasteiger partial charge in [0.2, 0.25) is 5.91 Å². The third-order valence-electron chi connectivity index (χ3n) is 4.16. The number of anilines is 1. The molecule has 0 atom stereocenters. The lowest BCUT2D eigenvalue weighted by molar-refractivity contribution is -0.117. The molecule has 1 aromatic rings. The zero-order valence-corrected chi connectivity index (χ0v) is 15.4. The summed E-state index contributed by atoms with van der Waals surface area (Å²) in [5.41, 5.74) is 0.495. The number of amides is 1. The quantitative estimate of drug-likeness (QED) is 0.738. The summed E-state index contributed by atoms with van der Waals surface area (Å²) >= 11 is 17.9. The number of hydrogen-bond acceptors (Lipinski definition) is 3. The first kappa shape index (κ1) is 18.8. The Hall–Kier alpha value is -0.520. The standard InChI is InChI=1S/C16H22Cl3N3O/c1-20-5-2-11-3-6-22(7-4-11)10-16(23)21-15-9-13(18)12(17)8-14(15)19/h8-9,11,20H,2-7,10H2,1H3,(H,21,23). The lowest BCUT2D eigenvalue weighted by atomic mass is 9.93. The summed E-state index contributed by atoms with van der Waals surface area (Å²) in [5, 5.41) is 7.13. The van der Waals surface area contributed by atoms with Gasteiger partial charge in [0.25, 0.3) is 0 Å². The summed E-state index contributed by atoms with van der Waals surface area (Å²) in [4.78, 5) is 14.4. The van der Waals surface area contributed by atoms with Gasteiger partial charge in [0, 0.05) is 0 Å². The minimum absolute atomic E-state index is 0.0843. The summed E-state index contributed by atoms with van der Waals surface area (Å²) < 4.78 is 0. The van der Waals surface area contributed by atoms with Crippen molar-refractivity contribution in [1.82, 2.24) is 10.2 Å². The normalized spacial score (nSPS) is 16.5. The van der Waals surface area contributed by atoms with Crippen molar-refractivity contribution >= 4 is 46.4 Å². The van der Waals surface area contributed by atoms with E-state index in [1.54, 1.807) is 6.07 Å². The molecule has 7 heteroatoms. The lowest BCUT2D eigenvalue weighted by Gasteiger charge is -2.31. The maximum absolute atomic E-state index is 12.2. The fourth-order valence-corrected chi connectivity index (χ4v) is 3.39. The summed E-state index contributed by atoms with van der Waals surface area (Å²) in [5.74, 6) is 0.672. The zero-order valence-electron chi connectivity index (χ0n) is 13.2. The van der Waals surface area contributed by atoms with Gasteiger partial charge < -0.3 is 10.6 Å². The van der Waals surface area contributed by atoms with Crippen LogP contribution in [0.25, 0.3) is 0 Å². The highest BCUT2D eigenvalue weighted by Gasteiger charge is 2.20. The van der Waals surface area contributed by atoms with E-state index >= 15 is 0 Å². The highest BCUT2D eigenvalue weighted by molar-refractivity contribution is 6.44. The lowest BCUT2D eigenvalue weighted by Crippen LogP contribution is -2.39. The molecule has 4 nitrogen and oxygen atoms in total. The van der Waals surface area contributed by atoms with E-state index in [0.29, 0.717) is 27.3 Å². The average Bonchev–Trinajstić information content (AvgIpc) is 2.52. The molecule has 2 rings (SSSR count). The zero-order chi connectivity index (χ0) is 16.8. The van der Waals surface area contributed by atoms with Gasteiger partial charge >= 0.3 is 0 Å². The number of likely N-dealkylation sites (tertiary alicyclic amines) is 1. The number of hydrogen-bond donors (Lipinski definition) is 2. The molecule has 1 fully saturated rings. The number of piperidine rings is 1. The van der Waals surface area contributed by atoms with Crippen molar-refractivity contribution in [1.29, 1.82) is 0 Å². The number of nitrogens with one attached hydrogen (secondary N) is 2. The summed E-state index contributed by atoms with van der Waals surface area (Å²) in [6.45, 7) is 3.34. The number of carbonyl (C=O) groups excluding carboxylic acids is 1. The van der Waals surface area contributed by atoms with E-state index in [1.165, 1.54) is 12.5 Å². The van der Waals surface area contributed by atoms with E-state index in [-0.39, 0.29) is 5.91 Å². The molecule has 0 aromatic heterocycles. The van der Waals surface area contributed by atoms with Crippen LogP contribution in [-0.2, 0) is 4.79 Å². The average molecular weight is 379 g/mol. The predicted molar refractivity (Wildman–Crippen MR) is 97.8 cm³/mol. The molecule has 0 aliphatic carbocycles. The molecule has 1 aliphatic rings. The third-order valence-corrected chi connectivity index (χ3v) is 5.20. The molecular weight excluding hydrogens is 357 g/mol. The SMILES string of the molecule is CNCCC1CCN(CC(=O)Nc2cc(Cl)c(Cl)cc2Cl)CC1. The van der Waals surface area contributed by atoms with Crippen molar-refractivity contribution in [2.24, 2.45) is 5.92 Å². The fraction of sp³-hybridized carbons (Fsp3) is 0.562. The van der Waals surface area contributed by atoms with Gasteiger partial charge in [-0.1, -0.05) is 34.8 Å². The largest absolute Gasteiger partial charge is 0.324 e. The smallest absolute Gasteiger partial charge is 0.238 e. The number of carbonyl (C=O) groups is 1. The van der Waals surface area contributed by atoms with E-state index in [2.05, 4.69) is 15.5 Å².